The minimum absolute atomic E-state index is 0.166. The molecule has 1 aromatic carbocycles. The molecule has 0 amide bonds. The SMILES string of the molecule is COc1ccccc1NS(=O)(=O)c1cc(C)c(CO)s1. The second-order valence-corrected chi connectivity index (χ2v) is 7.18. The molecule has 0 saturated heterocycles. The van der Waals surface area contributed by atoms with Gasteiger partial charge in [-0.25, -0.2) is 8.42 Å². The van der Waals surface area contributed by atoms with Gasteiger partial charge in [-0.3, -0.25) is 4.72 Å². The van der Waals surface area contributed by atoms with Crippen LogP contribution in [0.2, 0.25) is 0 Å². The molecule has 108 valence electrons. The maximum Gasteiger partial charge on any atom is 0.271 e. The van der Waals surface area contributed by atoms with Gasteiger partial charge in [0, 0.05) is 4.88 Å². The zero-order chi connectivity index (χ0) is 14.8. The number of aryl methyl sites for hydroxylation is 1. The molecule has 0 saturated carbocycles. The van der Waals surface area contributed by atoms with Crippen LogP contribution in [0.1, 0.15) is 10.4 Å². The minimum atomic E-state index is -3.68. The molecular weight excluding hydrogens is 298 g/mol. The van der Waals surface area contributed by atoms with Crippen LogP contribution in [0.15, 0.2) is 34.5 Å². The summed E-state index contributed by atoms with van der Waals surface area (Å²) < 4.78 is 32.4. The van der Waals surface area contributed by atoms with Crippen LogP contribution in [0.4, 0.5) is 5.69 Å². The van der Waals surface area contributed by atoms with Gasteiger partial charge in [-0.1, -0.05) is 12.1 Å². The monoisotopic (exact) mass is 313 g/mol. The maximum absolute atomic E-state index is 12.3. The highest BCUT2D eigenvalue weighted by molar-refractivity contribution is 7.94. The summed E-state index contributed by atoms with van der Waals surface area (Å²) in [6.07, 6.45) is 0. The second-order valence-electron chi connectivity index (χ2n) is 4.14. The number of aliphatic hydroxyl groups is 1. The van der Waals surface area contributed by atoms with E-state index < -0.39 is 10.0 Å². The van der Waals surface area contributed by atoms with Crippen LogP contribution in [0.3, 0.4) is 0 Å². The summed E-state index contributed by atoms with van der Waals surface area (Å²) in [5, 5.41) is 9.14. The van der Waals surface area contributed by atoms with Crippen LogP contribution in [-0.2, 0) is 16.6 Å². The third-order valence-electron chi connectivity index (χ3n) is 2.76. The highest BCUT2D eigenvalue weighted by Crippen LogP contribution is 2.30. The van der Waals surface area contributed by atoms with Gasteiger partial charge in [0.2, 0.25) is 0 Å². The van der Waals surface area contributed by atoms with E-state index in [1.165, 1.54) is 7.11 Å². The molecule has 0 unspecified atom stereocenters. The van der Waals surface area contributed by atoms with Gasteiger partial charge in [0.25, 0.3) is 10.0 Å². The van der Waals surface area contributed by atoms with Gasteiger partial charge in [0.05, 0.1) is 19.4 Å². The fraction of sp³-hybridized carbons (Fsp3) is 0.231. The summed E-state index contributed by atoms with van der Waals surface area (Å²) in [4.78, 5) is 0.644. The predicted molar refractivity (Wildman–Crippen MR) is 78.8 cm³/mol. The largest absolute Gasteiger partial charge is 0.495 e. The van der Waals surface area contributed by atoms with Gasteiger partial charge in [-0.2, -0.15) is 0 Å². The minimum Gasteiger partial charge on any atom is -0.495 e. The van der Waals surface area contributed by atoms with E-state index >= 15 is 0 Å². The van der Waals surface area contributed by atoms with Gasteiger partial charge in [0.15, 0.2) is 0 Å². The fourth-order valence-electron chi connectivity index (χ4n) is 1.70. The Kier molecular flexibility index (Phi) is 4.32. The highest BCUT2D eigenvalue weighted by atomic mass is 32.2. The van der Waals surface area contributed by atoms with E-state index in [0.717, 1.165) is 16.9 Å². The Labute approximate surface area is 121 Å². The third kappa shape index (κ3) is 2.95. The van der Waals surface area contributed by atoms with Crippen LogP contribution in [-0.4, -0.2) is 20.6 Å². The first-order chi connectivity index (χ1) is 9.47. The molecule has 0 spiro atoms. The Morgan fingerprint density at radius 1 is 1.35 bits per heavy atom. The molecule has 7 heteroatoms. The van der Waals surface area contributed by atoms with Gasteiger partial charge < -0.3 is 9.84 Å². The van der Waals surface area contributed by atoms with Crippen molar-refractivity contribution in [2.45, 2.75) is 17.7 Å². The molecular formula is C13H15NO4S2. The molecule has 0 fully saturated rings. The summed E-state index contributed by atoms with van der Waals surface area (Å²) in [5.74, 6) is 0.451. The number of aliphatic hydroxyl groups excluding tert-OH is 1. The fourth-order valence-corrected chi connectivity index (χ4v) is 4.22. The molecule has 0 bridgehead atoms. The van der Waals surface area contributed by atoms with Crippen LogP contribution in [0.25, 0.3) is 0 Å². The van der Waals surface area contributed by atoms with Crippen LogP contribution < -0.4 is 9.46 Å². The lowest BCUT2D eigenvalue weighted by Crippen LogP contribution is -2.12. The van der Waals surface area contributed by atoms with Gasteiger partial charge >= 0.3 is 0 Å². The number of hydrogen-bond acceptors (Lipinski definition) is 5. The zero-order valence-electron chi connectivity index (χ0n) is 11.1. The van der Waals surface area contributed by atoms with Crippen molar-refractivity contribution in [3.8, 4) is 5.75 Å². The van der Waals surface area contributed by atoms with E-state index in [1.807, 2.05) is 0 Å². The van der Waals surface area contributed by atoms with Crippen LogP contribution in [0.5, 0.6) is 5.75 Å². The smallest absolute Gasteiger partial charge is 0.271 e. The van der Waals surface area contributed by atoms with E-state index in [-0.39, 0.29) is 10.8 Å². The Bertz CT molecular complexity index is 707. The van der Waals surface area contributed by atoms with E-state index in [9.17, 15) is 8.42 Å². The summed E-state index contributed by atoms with van der Waals surface area (Å²) in [6, 6.07) is 8.34. The zero-order valence-corrected chi connectivity index (χ0v) is 12.7. The molecule has 0 aliphatic heterocycles. The van der Waals surface area contributed by atoms with Crippen molar-refractivity contribution in [1.29, 1.82) is 0 Å². The van der Waals surface area contributed by atoms with Crippen molar-refractivity contribution < 1.29 is 18.3 Å². The Morgan fingerprint density at radius 3 is 2.65 bits per heavy atom. The molecule has 2 rings (SSSR count). The van der Waals surface area contributed by atoms with Crippen molar-refractivity contribution in [3.63, 3.8) is 0 Å². The van der Waals surface area contributed by atoms with Gasteiger partial charge in [0.1, 0.15) is 9.96 Å². The number of benzene rings is 1. The molecule has 0 atom stereocenters. The summed E-state index contributed by atoms with van der Waals surface area (Å²) in [7, 11) is -2.20. The van der Waals surface area contributed by atoms with Crippen molar-refractivity contribution in [1.82, 2.24) is 0 Å². The normalized spacial score (nSPS) is 11.3. The molecule has 0 aliphatic rings. The molecule has 2 aromatic rings. The summed E-state index contributed by atoms with van der Waals surface area (Å²) in [6.45, 7) is 1.60. The highest BCUT2D eigenvalue weighted by Gasteiger charge is 2.20. The number of hydrogen-bond donors (Lipinski definition) is 2. The average molecular weight is 313 g/mol. The Morgan fingerprint density at radius 2 is 2.05 bits per heavy atom. The molecule has 5 nitrogen and oxygen atoms in total. The maximum atomic E-state index is 12.3. The van der Waals surface area contributed by atoms with Crippen molar-refractivity contribution >= 4 is 27.0 Å². The van der Waals surface area contributed by atoms with Gasteiger partial charge in [-0.05, 0) is 30.7 Å². The molecule has 0 radical (unpaired) electrons. The Hall–Kier alpha value is -1.57. The third-order valence-corrected chi connectivity index (χ3v) is 5.82. The lowest BCUT2D eigenvalue weighted by Gasteiger charge is -2.10. The van der Waals surface area contributed by atoms with E-state index in [1.54, 1.807) is 37.3 Å². The Balaban J connectivity index is 2.35. The van der Waals surface area contributed by atoms with E-state index in [4.69, 9.17) is 9.84 Å². The number of sulfonamides is 1. The first kappa shape index (κ1) is 14.8. The van der Waals surface area contributed by atoms with Crippen LogP contribution in [0, 0.1) is 6.92 Å². The van der Waals surface area contributed by atoms with Crippen molar-refractivity contribution in [2.75, 3.05) is 11.8 Å². The van der Waals surface area contributed by atoms with Crippen LogP contribution >= 0.6 is 11.3 Å². The molecule has 0 aliphatic carbocycles. The quantitative estimate of drug-likeness (QED) is 0.888. The predicted octanol–water partition coefficient (Wildman–Crippen LogP) is 2.36. The van der Waals surface area contributed by atoms with Crippen molar-refractivity contribution in [3.05, 3.63) is 40.8 Å². The first-order valence-electron chi connectivity index (χ1n) is 5.84. The lowest BCUT2D eigenvalue weighted by molar-refractivity contribution is 0.285. The number of thiophene rings is 1. The number of ether oxygens (including phenoxy) is 1. The van der Waals surface area contributed by atoms with E-state index in [0.29, 0.717) is 16.3 Å². The van der Waals surface area contributed by atoms with E-state index in [2.05, 4.69) is 4.72 Å². The van der Waals surface area contributed by atoms with Gasteiger partial charge in [-0.15, -0.1) is 11.3 Å². The number of methoxy groups -OCH3 is 1. The topological polar surface area (TPSA) is 75.6 Å². The second kappa shape index (κ2) is 5.82. The summed E-state index contributed by atoms with van der Waals surface area (Å²) >= 11 is 1.06. The molecule has 20 heavy (non-hydrogen) atoms. The number of nitrogens with one attached hydrogen (secondary N) is 1. The standard InChI is InChI=1S/C13H15NO4S2/c1-9-7-13(19-12(9)8-15)20(16,17)14-10-5-3-4-6-11(10)18-2/h3-7,14-15H,8H2,1-2H3. The first-order valence-corrected chi connectivity index (χ1v) is 8.14. The lowest BCUT2D eigenvalue weighted by atomic mass is 10.3. The molecule has 1 aromatic heterocycles. The number of para-hydroxylation sites is 2. The average Bonchev–Trinajstić information content (AvgIpc) is 2.81. The van der Waals surface area contributed by atoms with Crippen molar-refractivity contribution in [2.24, 2.45) is 0 Å². The number of rotatable bonds is 5. The number of anilines is 1. The molecule has 1 heterocycles. The summed E-state index contributed by atoms with van der Waals surface area (Å²) in [5.41, 5.74) is 1.14. The molecule has 2 N–H and O–H groups in total.